The van der Waals surface area contributed by atoms with Crippen molar-refractivity contribution < 1.29 is 17.3 Å². The molecular formula is C37H71NO4SSi2. The molecule has 0 bridgehead atoms. The fourth-order valence-corrected chi connectivity index (χ4v) is 10.1. The summed E-state index contributed by atoms with van der Waals surface area (Å²) in [7, 11) is -8.02. The number of rotatable bonds is 19. The van der Waals surface area contributed by atoms with Crippen LogP contribution in [-0.4, -0.2) is 54.2 Å². The molecule has 0 saturated carbocycles. The molecule has 1 heterocycles. The van der Waals surface area contributed by atoms with E-state index in [2.05, 4.69) is 74.7 Å². The van der Waals surface area contributed by atoms with Crippen molar-refractivity contribution in [1.82, 2.24) is 4.31 Å². The smallest absolute Gasteiger partial charge is 0.243 e. The Morgan fingerprint density at radius 2 is 1.22 bits per heavy atom. The third kappa shape index (κ3) is 11.8. The number of hydrogen-bond donors (Lipinski definition) is 0. The molecule has 5 nitrogen and oxygen atoms in total. The third-order valence-electron chi connectivity index (χ3n) is 11.0. The Labute approximate surface area is 281 Å². The van der Waals surface area contributed by atoms with Gasteiger partial charge in [0.2, 0.25) is 10.0 Å². The molecule has 262 valence electrons. The van der Waals surface area contributed by atoms with E-state index in [1.54, 1.807) is 12.1 Å². The van der Waals surface area contributed by atoms with Crippen molar-refractivity contribution in [2.24, 2.45) is 0 Å². The molecule has 0 N–H and O–H groups in total. The van der Waals surface area contributed by atoms with E-state index in [9.17, 15) is 8.42 Å². The van der Waals surface area contributed by atoms with Crippen molar-refractivity contribution in [1.29, 1.82) is 0 Å². The number of benzene rings is 1. The van der Waals surface area contributed by atoms with Gasteiger partial charge in [-0.05, 0) is 68.2 Å². The Morgan fingerprint density at radius 3 is 1.69 bits per heavy atom. The molecule has 8 heteroatoms. The van der Waals surface area contributed by atoms with Gasteiger partial charge in [-0.15, -0.1) is 0 Å². The molecule has 1 aliphatic heterocycles. The fraction of sp³-hybridized carbons (Fsp3) is 0.838. The molecule has 45 heavy (non-hydrogen) atoms. The van der Waals surface area contributed by atoms with Crippen LogP contribution < -0.4 is 0 Å². The van der Waals surface area contributed by atoms with Crippen LogP contribution in [-0.2, 0) is 18.9 Å². The summed E-state index contributed by atoms with van der Waals surface area (Å²) >= 11 is 0. The van der Waals surface area contributed by atoms with E-state index in [1.165, 1.54) is 57.8 Å². The fourth-order valence-electron chi connectivity index (χ4n) is 5.83. The molecule has 0 amide bonds. The van der Waals surface area contributed by atoms with Gasteiger partial charge in [0, 0.05) is 6.04 Å². The number of nitrogens with zero attached hydrogens (tertiary/aromatic N) is 1. The Kier molecular flexibility index (Phi) is 15.6. The third-order valence-corrected chi connectivity index (χ3v) is 22.0. The Hall–Kier alpha value is -0.516. The molecule has 1 aromatic rings. The summed E-state index contributed by atoms with van der Waals surface area (Å²) in [5, 5.41) is 0.0730. The van der Waals surface area contributed by atoms with Gasteiger partial charge in [-0.3, -0.25) is 0 Å². The Morgan fingerprint density at radius 1 is 0.756 bits per heavy atom. The minimum atomic E-state index is -3.74. The van der Waals surface area contributed by atoms with Crippen LogP contribution in [0, 0.1) is 6.92 Å². The second kappa shape index (κ2) is 17.2. The van der Waals surface area contributed by atoms with Crippen LogP contribution in [0.2, 0.25) is 36.3 Å². The lowest BCUT2D eigenvalue weighted by Gasteiger charge is -2.42. The summed E-state index contributed by atoms with van der Waals surface area (Å²) in [6.07, 6.45) is 15.6. The molecule has 3 atom stereocenters. The number of sulfonamides is 1. The SMILES string of the molecule is CCCCCCCCCCCCC[C@H]1C[C@H](O[Si](C)(C)C(C)(C)C)[C@H](CO[Si](C)(C)C(C)(C)C)N1S(=O)(=O)c1ccc(C)cc1. The van der Waals surface area contributed by atoms with E-state index in [-0.39, 0.29) is 28.3 Å². The van der Waals surface area contributed by atoms with Crippen LogP contribution in [0.3, 0.4) is 0 Å². The lowest BCUT2D eigenvalue weighted by Crippen LogP contribution is -2.52. The first-order valence-electron chi connectivity index (χ1n) is 18.2. The van der Waals surface area contributed by atoms with Crippen molar-refractivity contribution in [3.05, 3.63) is 29.8 Å². The van der Waals surface area contributed by atoms with Crippen molar-refractivity contribution in [2.75, 3.05) is 6.61 Å². The van der Waals surface area contributed by atoms with Gasteiger partial charge in [-0.2, -0.15) is 4.31 Å². The average Bonchev–Trinajstić information content (AvgIpc) is 3.26. The minimum Gasteiger partial charge on any atom is -0.415 e. The predicted octanol–water partition coefficient (Wildman–Crippen LogP) is 11.2. The first-order chi connectivity index (χ1) is 20.7. The Balaban J connectivity index is 2.29. The standard InChI is InChI=1S/C37H71NO4SSi2/c1-13-14-15-16-17-18-19-20-21-22-23-24-32-29-35(42-45(11,12)37(6,7)8)34(30-41-44(9,10)36(3,4)5)38(32)43(39,40)33-27-25-31(2)26-28-33/h25-28,32,34-35H,13-24,29-30H2,1-12H3/t32-,34-,35-/m0/s1. The molecule has 1 aliphatic rings. The van der Waals surface area contributed by atoms with Crippen molar-refractivity contribution in [2.45, 2.75) is 198 Å². The summed E-state index contributed by atoms with van der Waals surface area (Å²) in [4.78, 5) is 0.377. The molecule has 1 aromatic carbocycles. The first kappa shape index (κ1) is 40.7. The van der Waals surface area contributed by atoms with Crippen LogP contribution >= 0.6 is 0 Å². The van der Waals surface area contributed by atoms with E-state index in [1.807, 2.05) is 23.4 Å². The summed E-state index contributed by atoms with van der Waals surface area (Å²) in [5.41, 5.74) is 1.06. The van der Waals surface area contributed by atoms with Crippen LogP contribution in [0.4, 0.5) is 0 Å². The summed E-state index contributed by atoms with van der Waals surface area (Å²) in [6, 6.07) is 6.95. The van der Waals surface area contributed by atoms with Gasteiger partial charge in [-0.1, -0.05) is 137 Å². The highest BCUT2D eigenvalue weighted by molar-refractivity contribution is 7.89. The van der Waals surface area contributed by atoms with Gasteiger partial charge >= 0.3 is 0 Å². The van der Waals surface area contributed by atoms with Gasteiger partial charge in [0.1, 0.15) is 0 Å². The second-order valence-corrected chi connectivity index (χ2v) is 28.3. The highest BCUT2D eigenvalue weighted by atomic mass is 32.2. The van der Waals surface area contributed by atoms with Crippen LogP contribution in [0.5, 0.6) is 0 Å². The van der Waals surface area contributed by atoms with Gasteiger partial charge < -0.3 is 8.85 Å². The molecule has 1 saturated heterocycles. The van der Waals surface area contributed by atoms with E-state index >= 15 is 0 Å². The molecule has 0 radical (unpaired) electrons. The monoisotopic (exact) mass is 681 g/mol. The maximum absolute atomic E-state index is 14.5. The maximum atomic E-state index is 14.5. The molecule has 0 aliphatic carbocycles. The average molecular weight is 682 g/mol. The zero-order valence-corrected chi connectivity index (χ0v) is 34.2. The van der Waals surface area contributed by atoms with Gasteiger partial charge in [0.15, 0.2) is 16.6 Å². The molecule has 2 rings (SSSR count). The molecule has 0 spiro atoms. The second-order valence-electron chi connectivity index (χ2n) is 16.9. The van der Waals surface area contributed by atoms with Crippen LogP contribution in [0.15, 0.2) is 29.2 Å². The van der Waals surface area contributed by atoms with Crippen molar-refractivity contribution in [3.63, 3.8) is 0 Å². The molecule has 0 unspecified atom stereocenters. The molecule has 0 aromatic heterocycles. The van der Waals surface area contributed by atoms with E-state index < -0.39 is 26.7 Å². The zero-order chi connectivity index (χ0) is 34.1. The van der Waals surface area contributed by atoms with E-state index in [0.29, 0.717) is 11.5 Å². The molecular weight excluding hydrogens is 611 g/mol. The van der Waals surface area contributed by atoms with E-state index in [4.69, 9.17) is 8.85 Å². The first-order valence-corrected chi connectivity index (χ1v) is 25.4. The topological polar surface area (TPSA) is 55.8 Å². The Bertz CT molecular complexity index is 1110. The van der Waals surface area contributed by atoms with E-state index in [0.717, 1.165) is 31.2 Å². The van der Waals surface area contributed by atoms with Crippen molar-refractivity contribution >= 4 is 26.7 Å². The quantitative estimate of drug-likeness (QED) is 0.108. The number of unbranched alkanes of at least 4 members (excludes halogenated alkanes) is 10. The van der Waals surface area contributed by atoms with Crippen LogP contribution in [0.1, 0.15) is 138 Å². The number of aryl methyl sites for hydroxylation is 1. The molecule has 1 fully saturated rings. The largest absolute Gasteiger partial charge is 0.415 e. The van der Waals surface area contributed by atoms with Crippen molar-refractivity contribution in [3.8, 4) is 0 Å². The van der Waals surface area contributed by atoms with Gasteiger partial charge in [0.05, 0.1) is 23.6 Å². The lowest BCUT2D eigenvalue weighted by molar-refractivity contribution is 0.106. The van der Waals surface area contributed by atoms with Gasteiger partial charge in [0.25, 0.3) is 0 Å². The normalized spacial score (nSPS) is 20.7. The maximum Gasteiger partial charge on any atom is 0.243 e. The lowest BCUT2D eigenvalue weighted by atomic mass is 10.0. The predicted molar refractivity (Wildman–Crippen MR) is 199 cm³/mol. The number of hydrogen-bond acceptors (Lipinski definition) is 4. The highest BCUT2D eigenvalue weighted by Crippen LogP contribution is 2.44. The summed E-state index contributed by atoms with van der Waals surface area (Å²) in [6.45, 7) is 27.3. The summed E-state index contributed by atoms with van der Waals surface area (Å²) in [5.74, 6) is 0. The van der Waals surface area contributed by atoms with Gasteiger partial charge in [-0.25, -0.2) is 8.42 Å². The minimum absolute atomic E-state index is 0.0343. The highest BCUT2D eigenvalue weighted by Gasteiger charge is 2.52. The summed E-state index contributed by atoms with van der Waals surface area (Å²) < 4.78 is 44.8. The zero-order valence-electron chi connectivity index (χ0n) is 31.4. The van der Waals surface area contributed by atoms with Crippen LogP contribution in [0.25, 0.3) is 0 Å².